The molecule has 1 amide bonds. The van der Waals surface area contributed by atoms with E-state index in [0.717, 1.165) is 24.2 Å². The summed E-state index contributed by atoms with van der Waals surface area (Å²) in [6.07, 6.45) is 2.67. The van der Waals surface area contributed by atoms with E-state index in [9.17, 15) is 9.59 Å². The second-order valence-corrected chi connectivity index (χ2v) is 6.35. The quantitative estimate of drug-likeness (QED) is 0.583. The van der Waals surface area contributed by atoms with Gasteiger partial charge in [0, 0.05) is 12.1 Å². The largest absolute Gasteiger partial charge is 0.487 e. The van der Waals surface area contributed by atoms with Crippen molar-refractivity contribution < 1.29 is 19.4 Å². The number of rotatable bonds is 7. The lowest BCUT2D eigenvalue weighted by atomic mass is 10.1. The number of hydrazine groups is 1. The molecule has 0 bridgehead atoms. The van der Waals surface area contributed by atoms with E-state index in [-0.39, 0.29) is 12.6 Å². The van der Waals surface area contributed by atoms with Gasteiger partial charge in [0.25, 0.3) is 5.91 Å². The van der Waals surface area contributed by atoms with Gasteiger partial charge in [-0.1, -0.05) is 12.1 Å². The molecule has 1 aromatic carbocycles. The van der Waals surface area contributed by atoms with Gasteiger partial charge < -0.3 is 15.2 Å². The summed E-state index contributed by atoms with van der Waals surface area (Å²) >= 11 is 0. The summed E-state index contributed by atoms with van der Waals surface area (Å²) in [6, 6.07) is 9.94. The van der Waals surface area contributed by atoms with Crippen LogP contribution in [0.4, 0.5) is 0 Å². The number of hydrogen-bond donors (Lipinski definition) is 4. The van der Waals surface area contributed by atoms with Crippen molar-refractivity contribution in [1.82, 2.24) is 21.2 Å². The Morgan fingerprint density at radius 2 is 2.22 bits per heavy atom. The monoisotopic (exact) mass is 370 g/mol. The van der Waals surface area contributed by atoms with Gasteiger partial charge in [-0.3, -0.25) is 20.0 Å². The summed E-state index contributed by atoms with van der Waals surface area (Å²) in [6.45, 7) is 2.61. The number of aromatic nitrogens is 1. The number of nitrogens with one attached hydrogen (secondary N) is 3. The molecule has 2 heterocycles. The zero-order valence-corrected chi connectivity index (χ0v) is 14.9. The van der Waals surface area contributed by atoms with Gasteiger partial charge in [0.05, 0.1) is 17.9 Å². The van der Waals surface area contributed by atoms with Crippen LogP contribution in [0.5, 0.6) is 5.75 Å². The predicted molar refractivity (Wildman–Crippen MR) is 98.1 cm³/mol. The molecule has 2 aromatic rings. The van der Waals surface area contributed by atoms with Gasteiger partial charge in [-0.05, 0) is 43.2 Å². The fraction of sp³-hybridized carbons (Fsp3) is 0.316. The molecule has 2 atom stereocenters. The van der Waals surface area contributed by atoms with Crippen molar-refractivity contribution in [2.45, 2.75) is 32.0 Å². The van der Waals surface area contributed by atoms with Crippen LogP contribution in [0.1, 0.15) is 41.0 Å². The third-order valence-corrected chi connectivity index (χ3v) is 4.26. The van der Waals surface area contributed by atoms with Crippen molar-refractivity contribution in [2.24, 2.45) is 0 Å². The molecular weight excluding hydrogens is 348 g/mol. The van der Waals surface area contributed by atoms with Gasteiger partial charge in [-0.2, -0.15) is 0 Å². The van der Waals surface area contributed by atoms with E-state index in [4.69, 9.17) is 9.84 Å². The lowest BCUT2D eigenvalue weighted by Crippen LogP contribution is -2.38. The van der Waals surface area contributed by atoms with Crippen LogP contribution in [0.2, 0.25) is 0 Å². The van der Waals surface area contributed by atoms with Gasteiger partial charge in [-0.15, -0.1) is 0 Å². The summed E-state index contributed by atoms with van der Waals surface area (Å²) in [7, 11) is 0. The van der Waals surface area contributed by atoms with Crippen LogP contribution in [0.25, 0.3) is 0 Å². The van der Waals surface area contributed by atoms with Gasteiger partial charge in [0.2, 0.25) is 0 Å². The molecule has 0 spiro atoms. The van der Waals surface area contributed by atoms with Crippen LogP contribution in [-0.4, -0.2) is 34.6 Å². The highest BCUT2D eigenvalue weighted by Crippen LogP contribution is 2.19. The van der Waals surface area contributed by atoms with Crippen molar-refractivity contribution in [3.8, 4) is 5.75 Å². The second kappa shape index (κ2) is 8.61. The molecule has 0 saturated carbocycles. The van der Waals surface area contributed by atoms with Crippen LogP contribution in [0, 0.1) is 0 Å². The molecule has 3 rings (SSSR count). The van der Waals surface area contributed by atoms with Crippen LogP contribution >= 0.6 is 0 Å². The van der Waals surface area contributed by atoms with Crippen LogP contribution < -0.4 is 20.9 Å². The third kappa shape index (κ3) is 5.02. The average Bonchev–Trinajstić information content (AvgIpc) is 3.21. The van der Waals surface area contributed by atoms with E-state index in [1.807, 2.05) is 18.2 Å². The van der Waals surface area contributed by atoms with E-state index < -0.39 is 17.9 Å². The Morgan fingerprint density at radius 1 is 1.37 bits per heavy atom. The minimum atomic E-state index is -1.08. The first-order valence-corrected chi connectivity index (χ1v) is 8.72. The molecule has 142 valence electrons. The minimum Gasteiger partial charge on any atom is -0.487 e. The fourth-order valence-corrected chi connectivity index (χ4v) is 2.70. The summed E-state index contributed by atoms with van der Waals surface area (Å²) in [5.74, 6) is -0.878. The number of aliphatic carboxylic acids is 1. The van der Waals surface area contributed by atoms with E-state index >= 15 is 0 Å². The lowest BCUT2D eigenvalue weighted by Gasteiger charge is -2.12. The van der Waals surface area contributed by atoms with Crippen molar-refractivity contribution in [1.29, 1.82) is 0 Å². The van der Waals surface area contributed by atoms with Crippen molar-refractivity contribution in [3.05, 3.63) is 59.4 Å². The van der Waals surface area contributed by atoms with Crippen LogP contribution in [0.15, 0.2) is 42.6 Å². The number of carbonyl (C=O) groups excluding carboxylic acids is 1. The van der Waals surface area contributed by atoms with Gasteiger partial charge >= 0.3 is 5.97 Å². The Labute approximate surface area is 156 Å². The molecule has 4 N–H and O–H groups in total. The first kappa shape index (κ1) is 18.8. The zero-order valence-electron chi connectivity index (χ0n) is 14.9. The number of carboxylic acid groups (broad SMARTS) is 1. The molecule has 1 aliphatic heterocycles. The minimum absolute atomic E-state index is 0.211. The normalized spacial score (nSPS) is 17.3. The molecule has 1 aliphatic rings. The highest BCUT2D eigenvalue weighted by molar-refractivity contribution is 5.96. The van der Waals surface area contributed by atoms with Gasteiger partial charge in [0.15, 0.2) is 0 Å². The van der Waals surface area contributed by atoms with Gasteiger partial charge in [0.1, 0.15) is 18.4 Å². The summed E-state index contributed by atoms with van der Waals surface area (Å²) in [5.41, 5.74) is 8.38. The number of pyridine rings is 1. The maximum atomic E-state index is 12.1. The molecule has 1 fully saturated rings. The molecule has 0 radical (unpaired) electrons. The van der Waals surface area contributed by atoms with E-state index in [1.165, 1.54) is 6.92 Å². The molecule has 8 nitrogen and oxygen atoms in total. The summed E-state index contributed by atoms with van der Waals surface area (Å²) < 4.78 is 5.74. The highest BCUT2D eigenvalue weighted by atomic mass is 16.5. The SMILES string of the molecule is C[C@H](NC(=O)c1cccc(COc2ccc(C3CCNN3)nc2)c1)C(=O)O. The van der Waals surface area contributed by atoms with Crippen molar-refractivity contribution >= 4 is 11.9 Å². The molecule has 8 heteroatoms. The Bertz CT molecular complexity index is 804. The number of carboxylic acids is 1. The van der Waals surface area contributed by atoms with E-state index in [2.05, 4.69) is 21.2 Å². The molecule has 1 saturated heterocycles. The Morgan fingerprint density at radius 3 is 2.89 bits per heavy atom. The number of benzene rings is 1. The smallest absolute Gasteiger partial charge is 0.325 e. The molecular formula is C19H22N4O4. The maximum Gasteiger partial charge on any atom is 0.325 e. The second-order valence-electron chi connectivity index (χ2n) is 6.35. The van der Waals surface area contributed by atoms with E-state index in [1.54, 1.807) is 24.4 Å². The first-order chi connectivity index (χ1) is 13.0. The predicted octanol–water partition coefficient (Wildman–Crippen LogP) is 1.40. The number of hydrogen-bond acceptors (Lipinski definition) is 6. The summed E-state index contributed by atoms with van der Waals surface area (Å²) in [4.78, 5) is 27.4. The van der Waals surface area contributed by atoms with Gasteiger partial charge in [-0.25, -0.2) is 5.43 Å². The fourth-order valence-electron chi connectivity index (χ4n) is 2.70. The van der Waals surface area contributed by atoms with E-state index in [0.29, 0.717) is 11.3 Å². The highest BCUT2D eigenvalue weighted by Gasteiger charge is 2.17. The van der Waals surface area contributed by atoms with Crippen molar-refractivity contribution in [3.63, 3.8) is 0 Å². The summed E-state index contributed by atoms with van der Waals surface area (Å²) in [5, 5.41) is 11.3. The topological polar surface area (TPSA) is 113 Å². The number of nitrogens with zero attached hydrogens (tertiary/aromatic N) is 1. The Kier molecular flexibility index (Phi) is 6.00. The number of ether oxygens (including phenoxy) is 1. The van der Waals surface area contributed by atoms with Crippen LogP contribution in [0.3, 0.4) is 0 Å². The molecule has 27 heavy (non-hydrogen) atoms. The third-order valence-electron chi connectivity index (χ3n) is 4.26. The average molecular weight is 370 g/mol. The Balaban J connectivity index is 1.58. The Hall–Kier alpha value is -2.97. The maximum absolute atomic E-state index is 12.1. The molecule has 1 unspecified atom stereocenters. The first-order valence-electron chi connectivity index (χ1n) is 8.72. The lowest BCUT2D eigenvalue weighted by molar-refractivity contribution is -0.138. The standard InChI is InChI=1S/C19H22N4O4/c1-12(19(25)26)22-18(24)14-4-2-3-13(9-14)11-27-15-5-6-16(20-10-15)17-7-8-21-23-17/h2-6,9-10,12,17,21,23H,7-8,11H2,1H3,(H,22,24)(H,25,26)/t12-,17?/m0/s1. The molecule has 1 aromatic heterocycles. The number of amides is 1. The van der Waals surface area contributed by atoms with Crippen LogP contribution in [-0.2, 0) is 11.4 Å². The van der Waals surface area contributed by atoms with Crippen molar-refractivity contribution in [2.75, 3.05) is 6.54 Å². The number of carbonyl (C=O) groups is 2. The zero-order chi connectivity index (χ0) is 19.2. The molecule has 0 aliphatic carbocycles.